The van der Waals surface area contributed by atoms with E-state index in [0.29, 0.717) is 19.3 Å². The number of carbonyl (C=O) groups is 3. The molecule has 3 fully saturated rings. The summed E-state index contributed by atoms with van der Waals surface area (Å²) in [5.41, 5.74) is -5.77. The van der Waals surface area contributed by atoms with Crippen LogP contribution in [0.2, 0.25) is 0 Å². The molecule has 3 aliphatic carbocycles. The fraction of sp³-hybridized carbons (Fsp3) is 0.750. The van der Waals surface area contributed by atoms with Gasteiger partial charge in [0.25, 0.3) is 0 Å². The molecule has 0 N–H and O–H groups in total. The average Bonchev–Trinajstić information content (AvgIpc) is 3.34. The molecule has 7 unspecified atom stereocenters. The molecule has 0 amide bonds. The fourth-order valence-electron chi connectivity index (χ4n) is 5.30. The van der Waals surface area contributed by atoms with Crippen LogP contribution >= 0.6 is 0 Å². The van der Waals surface area contributed by atoms with Crippen LogP contribution < -0.4 is 0 Å². The monoisotopic (exact) mass is 488 g/mol. The number of hydrogen-bond donors (Lipinski definition) is 0. The normalized spacial score (nSPS) is 35.5. The van der Waals surface area contributed by atoms with Crippen molar-refractivity contribution in [2.75, 3.05) is 6.61 Å². The summed E-state index contributed by atoms with van der Waals surface area (Å²) < 4.78 is 105. The van der Waals surface area contributed by atoms with E-state index in [-0.39, 0.29) is 6.42 Å². The zero-order chi connectivity index (χ0) is 24.3. The fourth-order valence-corrected chi connectivity index (χ4v) is 5.30. The number of rotatable bonds is 5. The van der Waals surface area contributed by atoms with Crippen LogP contribution in [0, 0.1) is 29.6 Å². The van der Waals surface area contributed by atoms with Crippen LogP contribution in [-0.2, 0) is 28.6 Å². The summed E-state index contributed by atoms with van der Waals surface area (Å²) in [4.78, 5) is 37.3. The van der Waals surface area contributed by atoms with Crippen LogP contribution in [0.25, 0.3) is 0 Å². The van der Waals surface area contributed by atoms with Gasteiger partial charge in [-0.05, 0) is 25.7 Å². The van der Waals surface area contributed by atoms with E-state index in [0.717, 1.165) is 0 Å². The molecule has 0 aromatic heterocycles. The van der Waals surface area contributed by atoms with Gasteiger partial charge in [-0.3, -0.25) is 14.4 Å². The van der Waals surface area contributed by atoms with Gasteiger partial charge in [-0.2, -0.15) is 26.3 Å². The van der Waals surface area contributed by atoms with Gasteiger partial charge < -0.3 is 14.2 Å². The minimum atomic E-state index is -6.38. The number of hydrogen-bond acceptors (Lipinski definition) is 6. The molecule has 33 heavy (non-hydrogen) atoms. The van der Waals surface area contributed by atoms with Gasteiger partial charge in [0.15, 0.2) is 0 Å². The molecule has 2 saturated carbocycles. The molecule has 1 aliphatic heterocycles. The molecular weight excluding hydrogens is 469 g/mol. The zero-order valence-corrected chi connectivity index (χ0v) is 16.8. The van der Waals surface area contributed by atoms with Crippen molar-refractivity contribution >= 4 is 17.9 Å². The van der Waals surface area contributed by atoms with E-state index < -0.39 is 84.3 Å². The standard InChI is InChI=1S/C20H19F7O6/c21-18(19(22,23)24,20(25,26)27)7-31-16(29)11-9-6-10-12(11)17(30)33-14(10)13(9)32-15(28)8-4-2-1-3-5-8/h1-2,8-14H,3-7H2. The Morgan fingerprint density at radius 1 is 1.00 bits per heavy atom. The summed E-state index contributed by atoms with van der Waals surface area (Å²) in [6.45, 7) is -2.64. The number of ether oxygens (including phenoxy) is 3. The van der Waals surface area contributed by atoms with E-state index in [1.165, 1.54) is 0 Å². The summed E-state index contributed by atoms with van der Waals surface area (Å²) in [5.74, 6) is -7.71. The van der Waals surface area contributed by atoms with Gasteiger partial charge >= 0.3 is 35.9 Å². The third-order valence-electron chi connectivity index (χ3n) is 6.98. The summed E-state index contributed by atoms with van der Waals surface area (Å²) in [6, 6.07) is 0. The third-order valence-corrected chi connectivity index (χ3v) is 6.98. The summed E-state index contributed by atoms with van der Waals surface area (Å²) >= 11 is 0. The van der Waals surface area contributed by atoms with Crippen molar-refractivity contribution in [3.8, 4) is 0 Å². The maximum absolute atomic E-state index is 13.9. The van der Waals surface area contributed by atoms with E-state index in [2.05, 4.69) is 4.74 Å². The second-order valence-corrected chi connectivity index (χ2v) is 8.80. The Hall–Kier alpha value is -2.34. The van der Waals surface area contributed by atoms with Crippen LogP contribution in [0.4, 0.5) is 30.7 Å². The Labute approximate surface area is 182 Å². The molecule has 0 spiro atoms. The van der Waals surface area contributed by atoms with Gasteiger partial charge in [0, 0.05) is 11.8 Å². The number of halogens is 7. The highest BCUT2D eigenvalue weighted by Crippen LogP contribution is 2.59. The highest BCUT2D eigenvalue weighted by Gasteiger charge is 2.74. The van der Waals surface area contributed by atoms with Crippen molar-refractivity contribution in [3.05, 3.63) is 12.2 Å². The summed E-state index contributed by atoms with van der Waals surface area (Å²) in [6.07, 6.45) is -9.31. The van der Waals surface area contributed by atoms with Crippen LogP contribution in [0.1, 0.15) is 25.7 Å². The number of carbonyl (C=O) groups excluding carboxylic acids is 3. The molecular formula is C20H19F7O6. The van der Waals surface area contributed by atoms with Crippen LogP contribution in [-0.4, -0.2) is 54.7 Å². The molecule has 0 aromatic carbocycles. The van der Waals surface area contributed by atoms with E-state index in [4.69, 9.17) is 9.47 Å². The largest absolute Gasteiger partial charge is 0.461 e. The van der Waals surface area contributed by atoms with Crippen LogP contribution in [0.15, 0.2) is 12.2 Å². The van der Waals surface area contributed by atoms with Crippen molar-refractivity contribution in [2.45, 2.75) is 55.9 Å². The third kappa shape index (κ3) is 3.76. The predicted octanol–water partition coefficient (Wildman–Crippen LogP) is 3.44. The molecule has 2 bridgehead atoms. The van der Waals surface area contributed by atoms with Gasteiger partial charge in [0.1, 0.15) is 18.8 Å². The van der Waals surface area contributed by atoms with Gasteiger partial charge in [-0.15, -0.1) is 0 Å². The first-order chi connectivity index (χ1) is 15.3. The molecule has 13 heteroatoms. The number of allylic oxidation sites excluding steroid dienone is 2. The maximum atomic E-state index is 13.9. The average molecular weight is 488 g/mol. The Bertz CT molecular complexity index is 852. The van der Waals surface area contributed by atoms with E-state index in [9.17, 15) is 45.1 Å². The van der Waals surface area contributed by atoms with Crippen molar-refractivity contribution < 1.29 is 59.3 Å². The summed E-state index contributed by atoms with van der Waals surface area (Å²) in [5, 5.41) is 0. The van der Waals surface area contributed by atoms with E-state index in [1.807, 2.05) is 6.08 Å². The van der Waals surface area contributed by atoms with E-state index >= 15 is 0 Å². The quantitative estimate of drug-likeness (QED) is 0.256. The first-order valence-electron chi connectivity index (χ1n) is 10.3. The first kappa shape index (κ1) is 23.8. The molecule has 1 heterocycles. The number of fused-ring (bicyclic) bond motifs is 1. The highest BCUT2D eigenvalue weighted by molar-refractivity contribution is 5.86. The van der Waals surface area contributed by atoms with Gasteiger partial charge in [0.05, 0.1) is 17.8 Å². The second-order valence-electron chi connectivity index (χ2n) is 8.80. The highest BCUT2D eigenvalue weighted by atomic mass is 19.4. The second kappa shape index (κ2) is 7.86. The molecule has 4 rings (SSSR count). The van der Waals surface area contributed by atoms with Gasteiger partial charge in [0.2, 0.25) is 0 Å². The maximum Gasteiger partial charge on any atom is 0.435 e. The van der Waals surface area contributed by atoms with Crippen molar-refractivity contribution in [1.82, 2.24) is 0 Å². The van der Waals surface area contributed by atoms with Crippen molar-refractivity contribution in [3.63, 3.8) is 0 Å². The SMILES string of the molecule is O=C(OC1C2CC3C1OC(=O)C3C2C(=O)OCC(F)(C(F)(F)F)C(F)(F)F)C1CC=CCC1. The van der Waals surface area contributed by atoms with Gasteiger partial charge in [-0.1, -0.05) is 12.2 Å². The molecule has 7 atom stereocenters. The van der Waals surface area contributed by atoms with Gasteiger partial charge in [-0.25, -0.2) is 4.39 Å². The number of alkyl halides is 7. The van der Waals surface area contributed by atoms with Crippen LogP contribution in [0.3, 0.4) is 0 Å². The van der Waals surface area contributed by atoms with Crippen LogP contribution in [0.5, 0.6) is 0 Å². The minimum absolute atomic E-state index is 0.128. The Morgan fingerprint density at radius 3 is 2.24 bits per heavy atom. The number of esters is 3. The van der Waals surface area contributed by atoms with E-state index in [1.54, 1.807) is 6.08 Å². The first-order valence-corrected chi connectivity index (χ1v) is 10.3. The lowest BCUT2D eigenvalue weighted by atomic mass is 9.78. The molecule has 0 aromatic rings. The molecule has 6 nitrogen and oxygen atoms in total. The lowest BCUT2D eigenvalue weighted by Crippen LogP contribution is -2.57. The Balaban J connectivity index is 1.49. The Kier molecular flexibility index (Phi) is 5.67. The Morgan fingerprint density at radius 2 is 1.67 bits per heavy atom. The predicted molar refractivity (Wildman–Crippen MR) is 91.7 cm³/mol. The molecule has 1 saturated heterocycles. The van der Waals surface area contributed by atoms with Crippen molar-refractivity contribution in [1.29, 1.82) is 0 Å². The topological polar surface area (TPSA) is 78.9 Å². The van der Waals surface area contributed by atoms with Crippen molar-refractivity contribution in [2.24, 2.45) is 29.6 Å². The summed E-state index contributed by atoms with van der Waals surface area (Å²) in [7, 11) is 0. The minimum Gasteiger partial charge on any atom is -0.461 e. The molecule has 184 valence electrons. The molecule has 0 radical (unpaired) electrons. The zero-order valence-electron chi connectivity index (χ0n) is 16.8. The lowest BCUT2D eigenvalue weighted by molar-refractivity contribution is -0.349. The lowest BCUT2D eigenvalue weighted by Gasteiger charge is -2.33. The smallest absolute Gasteiger partial charge is 0.435 e. The molecule has 4 aliphatic rings.